The third kappa shape index (κ3) is 2.94. The molecule has 3 heterocycles. The van der Waals surface area contributed by atoms with Gasteiger partial charge in [0, 0.05) is 18.4 Å². The van der Waals surface area contributed by atoms with E-state index in [1.165, 1.54) is 34.7 Å². The summed E-state index contributed by atoms with van der Waals surface area (Å²) in [5.41, 5.74) is 2.22. The van der Waals surface area contributed by atoms with Crippen molar-refractivity contribution in [3.05, 3.63) is 58.1 Å². The standard InChI is InChI=1S/C18H19N3OS/c1-13-6-2-3-7-14(13)18-19-17(22-20-18)12-21-10-4-8-15(21)16-9-5-11-23-16/h2-3,5-7,9,11,15H,4,8,10,12H2,1H3/p+1/t15-/m1/s1. The summed E-state index contributed by atoms with van der Waals surface area (Å²) in [5, 5.41) is 6.34. The Morgan fingerprint density at radius 3 is 3.00 bits per heavy atom. The molecule has 0 radical (unpaired) electrons. The van der Waals surface area contributed by atoms with E-state index in [0.29, 0.717) is 11.9 Å². The van der Waals surface area contributed by atoms with Gasteiger partial charge >= 0.3 is 0 Å². The Balaban J connectivity index is 1.53. The molecule has 118 valence electrons. The number of thiophene rings is 1. The third-order valence-corrected chi connectivity index (χ3v) is 5.59. The number of likely N-dealkylation sites (tertiary alicyclic amines) is 1. The highest BCUT2D eigenvalue weighted by molar-refractivity contribution is 7.10. The van der Waals surface area contributed by atoms with Crippen LogP contribution in [0.2, 0.25) is 0 Å². The molecule has 1 saturated heterocycles. The summed E-state index contributed by atoms with van der Waals surface area (Å²) < 4.78 is 5.52. The Kier molecular flexibility index (Phi) is 3.97. The van der Waals surface area contributed by atoms with Gasteiger partial charge in [0.2, 0.25) is 5.82 Å². The van der Waals surface area contributed by atoms with Gasteiger partial charge in [-0.25, -0.2) is 0 Å². The second-order valence-corrected chi connectivity index (χ2v) is 7.10. The van der Waals surface area contributed by atoms with E-state index in [1.807, 2.05) is 29.5 Å². The maximum Gasteiger partial charge on any atom is 0.282 e. The highest BCUT2D eigenvalue weighted by atomic mass is 32.1. The molecule has 0 saturated carbocycles. The van der Waals surface area contributed by atoms with Crippen LogP contribution in [0.5, 0.6) is 0 Å². The fourth-order valence-corrected chi connectivity index (χ4v) is 4.33. The Morgan fingerprint density at radius 2 is 2.17 bits per heavy atom. The number of quaternary nitrogens is 1. The monoisotopic (exact) mass is 326 g/mol. The summed E-state index contributed by atoms with van der Waals surface area (Å²) in [5.74, 6) is 1.44. The first-order valence-corrected chi connectivity index (χ1v) is 8.96. The van der Waals surface area contributed by atoms with Crippen molar-refractivity contribution < 1.29 is 9.42 Å². The summed E-state index contributed by atoms with van der Waals surface area (Å²) in [6.07, 6.45) is 2.51. The molecule has 1 N–H and O–H groups in total. The van der Waals surface area contributed by atoms with E-state index in [1.54, 1.807) is 0 Å². The summed E-state index contributed by atoms with van der Waals surface area (Å²) in [7, 11) is 0. The molecule has 2 aromatic heterocycles. The Morgan fingerprint density at radius 1 is 1.26 bits per heavy atom. The van der Waals surface area contributed by atoms with Gasteiger partial charge in [-0.1, -0.05) is 35.5 Å². The van der Waals surface area contributed by atoms with Crippen LogP contribution in [0.4, 0.5) is 0 Å². The average molecular weight is 326 g/mol. The van der Waals surface area contributed by atoms with Gasteiger partial charge in [0.15, 0.2) is 6.54 Å². The van der Waals surface area contributed by atoms with Crippen LogP contribution in [0.15, 0.2) is 46.3 Å². The van der Waals surface area contributed by atoms with E-state index in [9.17, 15) is 0 Å². The van der Waals surface area contributed by atoms with E-state index in [4.69, 9.17) is 4.52 Å². The second-order valence-electron chi connectivity index (χ2n) is 6.12. The average Bonchev–Trinajstić information content (AvgIpc) is 3.29. The van der Waals surface area contributed by atoms with E-state index in [2.05, 4.69) is 40.6 Å². The molecular formula is C18H20N3OS+. The first kappa shape index (κ1) is 14.6. The lowest BCUT2D eigenvalue weighted by Crippen LogP contribution is -3.08. The summed E-state index contributed by atoms with van der Waals surface area (Å²) in [6, 6.07) is 13.1. The lowest BCUT2D eigenvalue weighted by atomic mass is 10.1. The molecule has 0 spiro atoms. The van der Waals surface area contributed by atoms with Crippen molar-refractivity contribution in [2.24, 2.45) is 0 Å². The minimum Gasteiger partial charge on any atom is -0.333 e. The summed E-state index contributed by atoms with van der Waals surface area (Å²) in [4.78, 5) is 7.63. The molecule has 23 heavy (non-hydrogen) atoms. The van der Waals surface area contributed by atoms with Crippen LogP contribution in [0, 0.1) is 6.92 Å². The van der Waals surface area contributed by atoms with Gasteiger partial charge in [-0.15, -0.1) is 11.3 Å². The molecule has 0 bridgehead atoms. The molecule has 4 rings (SSSR count). The highest BCUT2D eigenvalue weighted by Crippen LogP contribution is 2.24. The number of benzene rings is 1. The molecule has 0 amide bonds. The van der Waals surface area contributed by atoms with E-state index in [-0.39, 0.29) is 0 Å². The lowest BCUT2D eigenvalue weighted by molar-refractivity contribution is -0.932. The van der Waals surface area contributed by atoms with Crippen LogP contribution in [-0.2, 0) is 6.54 Å². The van der Waals surface area contributed by atoms with Gasteiger partial charge in [-0.2, -0.15) is 4.98 Å². The number of nitrogens with zero attached hydrogens (tertiary/aromatic N) is 2. The Labute approximate surface area is 139 Å². The molecule has 1 unspecified atom stereocenters. The predicted octanol–water partition coefficient (Wildman–Crippen LogP) is 3.03. The maximum absolute atomic E-state index is 5.52. The number of nitrogens with one attached hydrogen (secondary N) is 1. The first-order valence-electron chi connectivity index (χ1n) is 8.08. The zero-order chi connectivity index (χ0) is 15.6. The maximum atomic E-state index is 5.52. The van der Waals surface area contributed by atoms with Crippen LogP contribution < -0.4 is 4.90 Å². The van der Waals surface area contributed by atoms with Gasteiger partial charge in [0.05, 0.1) is 11.4 Å². The molecular weight excluding hydrogens is 306 g/mol. The molecule has 0 aliphatic carbocycles. The van der Waals surface area contributed by atoms with Crippen LogP contribution >= 0.6 is 11.3 Å². The fraction of sp³-hybridized carbons (Fsp3) is 0.333. The van der Waals surface area contributed by atoms with Crippen molar-refractivity contribution in [1.82, 2.24) is 10.1 Å². The van der Waals surface area contributed by atoms with Crippen molar-refractivity contribution in [3.8, 4) is 11.4 Å². The number of rotatable bonds is 4. The van der Waals surface area contributed by atoms with Crippen molar-refractivity contribution in [1.29, 1.82) is 0 Å². The Bertz CT molecular complexity index is 781. The Hall–Kier alpha value is -1.98. The van der Waals surface area contributed by atoms with Crippen molar-refractivity contribution in [2.45, 2.75) is 32.4 Å². The molecule has 1 aromatic carbocycles. The van der Waals surface area contributed by atoms with Crippen LogP contribution in [0.3, 0.4) is 0 Å². The molecule has 1 aliphatic heterocycles. The number of hydrogen-bond donors (Lipinski definition) is 1. The molecule has 5 heteroatoms. The van der Waals surface area contributed by atoms with E-state index in [0.717, 1.165) is 18.0 Å². The normalized spacial score (nSPS) is 20.9. The SMILES string of the molecule is Cc1ccccc1-c1noc(C[NH+]2CCC[C@@H]2c2cccs2)n1. The second kappa shape index (κ2) is 6.26. The number of aryl methyl sites for hydroxylation is 1. The van der Waals surface area contributed by atoms with Crippen LogP contribution in [0.25, 0.3) is 11.4 Å². The largest absolute Gasteiger partial charge is 0.333 e. The van der Waals surface area contributed by atoms with Gasteiger partial charge in [0.1, 0.15) is 6.04 Å². The van der Waals surface area contributed by atoms with E-state index < -0.39 is 0 Å². The molecule has 4 nitrogen and oxygen atoms in total. The predicted molar refractivity (Wildman–Crippen MR) is 90.3 cm³/mol. The van der Waals surface area contributed by atoms with Crippen molar-refractivity contribution in [2.75, 3.05) is 6.54 Å². The highest BCUT2D eigenvalue weighted by Gasteiger charge is 2.32. The molecule has 2 atom stereocenters. The quantitative estimate of drug-likeness (QED) is 0.801. The van der Waals surface area contributed by atoms with E-state index >= 15 is 0 Å². The minimum absolute atomic E-state index is 0.573. The van der Waals surface area contributed by atoms with Gasteiger partial charge in [0.25, 0.3) is 5.89 Å². The molecule has 3 aromatic rings. The first-order chi connectivity index (χ1) is 11.3. The lowest BCUT2D eigenvalue weighted by Gasteiger charge is -2.18. The topological polar surface area (TPSA) is 43.4 Å². The zero-order valence-corrected chi connectivity index (χ0v) is 14.0. The van der Waals surface area contributed by atoms with Crippen LogP contribution in [-0.4, -0.2) is 16.7 Å². The minimum atomic E-state index is 0.573. The smallest absolute Gasteiger partial charge is 0.282 e. The molecule has 1 aliphatic rings. The summed E-state index contributed by atoms with van der Waals surface area (Å²) in [6.45, 7) is 4.05. The zero-order valence-electron chi connectivity index (χ0n) is 13.2. The number of hydrogen-bond acceptors (Lipinski definition) is 4. The molecule has 1 fully saturated rings. The van der Waals surface area contributed by atoms with Crippen LogP contribution in [0.1, 0.15) is 35.2 Å². The fourth-order valence-electron chi connectivity index (χ4n) is 3.41. The number of aromatic nitrogens is 2. The van der Waals surface area contributed by atoms with Gasteiger partial charge in [-0.3, -0.25) is 0 Å². The third-order valence-electron chi connectivity index (χ3n) is 4.60. The van der Waals surface area contributed by atoms with Crippen molar-refractivity contribution in [3.63, 3.8) is 0 Å². The van der Waals surface area contributed by atoms with Gasteiger partial charge in [-0.05, 0) is 23.9 Å². The van der Waals surface area contributed by atoms with Gasteiger partial charge < -0.3 is 9.42 Å². The van der Waals surface area contributed by atoms with Crippen molar-refractivity contribution >= 4 is 11.3 Å². The summed E-state index contributed by atoms with van der Waals surface area (Å²) >= 11 is 1.85.